The van der Waals surface area contributed by atoms with Crippen molar-refractivity contribution in [1.29, 1.82) is 0 Å². The molecule has 1 aliphatic rings. The number of Topliss-reactive ketones (excluding diaryl/α,β-unsaturated/α-hetero) is 1. The minimum absolute atomic E-state index is 0.0342. The molecular weight excluding hydrogens is 583 g/mol. The molecule has 0 spiro atoms. The summed E-state index contributed by atoms with van der Waals surface area (Å²) in [6.45, 7) is 10.1. The lowest BCUT2D eigenvalue weighted by molar-refractivity contribution is -0.134. The number of ketones is 1. The summed E-state index contributed by atoms with van der Waals surface area (Å²) in [5.74, 6) is 6.12. The molecule has 0 aliphatic carbocycles. The van der Waals surface area contributed by atoms with Gasteiger partial charge < -0.3 is 25.9 Å². The number of aromatic nitrogens is 1. The van der Waals surface area contributed by atoms with Crippen molar-refractivity contribution in [2.45, 2.75) is 53.0 Å². The van der Waals surface area contributed by atoms with E-state index in [2.05, 4.69) is 24.1 Å². The Kier molecular flexibility index (Phi) is 13.0. The summed E-state index contributed by atoms with van der Waals surface area (Å²) in [6.07, 6.45) is 3.28. The standard InChI is InChI=1S/C26H23ClFN3O2.C6H15N.C2H4O2/c1-16(32)15-33-21-9-2-17(3-10-21)25-26-22(23-14-18(27)4-11-24(23)31(26)29)12-13-30(25)20-7-5-19(28)6-8-20;1-3-5-7-6-4-2;1-2(3)4/h2-11,14,25H,12-13,15,29H2,1H3;7H,3-6H2,1-2H3;1H3,(H,3,4). The van der Waals surface area contributed by atoms with Crippen LogP contribution in [0.2, 0.25) is 5.02 Å². The van der Waals surface area contributed by atoms with Crippen molar-refractivity contribution in [2.24, 2.45) is 0 Å². The predicted molar refractivity (Wildman–Crippen MR) is 176 cm³/mol. The van der Waals surface area contributed by atoms with Gasteiger partial charge >= 0.3 is 0 Å². The van der Waals surface area contributed by atoms with Crippen LogP contribution in [0.15, 0.2) is 66.7 Å². The second-order valence-electron chi connectivity index (χ2n) is 10.5. The average molecular weight is 625 g/mol. The second kappa shape index (κ2) is 16.7. The van der Waals surface area contributed by atoms with Crippen LogP contribution in [0.1, 0.15) is 63.4 Å². The number of aliphatic carboxylic acids is 1. The second-order valence-corrected chi connectivity index (χ2v) is 11.0. The molecule has 10 heteroatoms. The zero-order valence-electron chi connectivity index (χ0n) is 25.8. The van der Waals surface area contributed by atoms with Crippen LogP contribution in [0.25, 0.3) is 10.9 Å². The number of ether oxygens (including phenoxy) is 1. The summed E-state index contributed by atoms with van der Waals surface area (Å²) in [5.41, 5.74) is 4.97. The summed E-state index contributed by atoms with van der Waals surface area (Å²) in [4.78, 5) is 22.5. The highest BCUT2D eigenvalue weighted by Crippen LogP contribution is 2.42. The summed E-state index contributed by atoms with van der Waals surface area (Å²) in [7, 11) is 0. The van der Waals surface area contributed by atoms with Crippen molar-refractivity contribution in [1.82, 2.24) is 9.99 Å². The minimum atomic E-state index is -0.833. The van der Waals surface area contributed by atoms with Crippen LogP contribution in [0.3, 0.4) is 0 Å². The number of carbonyl (C=O) groups is 2. The van der Waals surface area contributed by atoms with Gasteiger partial charge in [-0.2, -0.15) is 0 Å². The number of nitrogen functional groups attached to an aromatic ring is 1. The third-order valence-electron chi connectivity index (χ3n) is 6.94. The van der Waals surface area contributed by atoms with E-state index >= 15 is 0 Å². The van der Waals surface area contributed by atoms with E-state index in [1.807, 2.05) is 42.5 Å². The highest BCUT2D eigenvalue weighted by atomic mass is 35.5. The molecule has 0 fully saturated rings. The molecule has 1 unspecified atom stereocenters. The van der Waals surface area contributed by atoms with Gasteiger partial charge in [0.15, 0.2) is 5.78 Å². The molecule has 1 aliphatic heterocycles. The van der Waals surface area contributed by atoms with Crippen molar-refractivity contribution in [2.75, 3.05) is 37.0 Å². The number of nitrogens with one attached hydrogen (secondary N) is 1. The minimum Gasteiger partial charge on any atom is -0.486 e. The van der Waals surface area contributed by atoms with E-state index in [9.17, 15) is 9.18 Å². The number of nitrogens with two attached hydrogens (primary N) is 1. The smallest absolute Gasteiger partial charge is 0.300 e. The highest BCUT2D eigenvalue weighted by molar-refractivity contribution is 6.31. The van der Waals surface area contributed by atoms with E-state index in [1.165, 1.54) is 45.0 Å². The van der Waals surface area contributed by atoms with Crippen molar-refractivity contribution in [3.05, 3.63) is 94.4 Å². The normalized spacial score (nSPS) is 13.7. The van der Waals surface area contributed by atoms with Crippen molar-refractivity contribution in [3.63, 3.8) is 0 Å². The molecule has 0 bridgehead atoms. The summed E-state index contributed by atoms with van der Waals surface area (Å²) < 4.78 is 20.9. The van der Waals surface area contributed by atoms with E-state index in [0.29, 0.717) is 10.8 Å². The first-order chi connectivity index (χ1) is 21.1. The fourth-order valence-electron chi connectivity index (χ4n) is 5.10. The topological polar surface area (TPSA) is 110 Å². The van der Waals surface area contributed by atoms with Gasteiger partial charge in [0, 0.05) is 29.6 Å². The molecule has 5 rings (SSSR count). The molecule has 4 aromatic rings. The first-order valence-corrected chi connectivity index (χ1v) is 15.2. The molecule has 236 valence electrons. The molecule has 0 saturated carbocycles. The number of rotatable bonds is 9. The molecule has 2 heterocycles. The molecule has 0 radical (unpaired) electrons. The third kappa shape index (κ3) is 9.21. The van der Waals surface area contributed by atoms with Crippen LogP contribution in [0.4, 0.5) is 10.1 Å². The van der Waals surface area contributed by atoms with Crippen LogP contribution >= 0.6 is 11.6 Å². The average Bonchev–Trinajstić information content (AvgIpc) is 3.27. The monoisotopic (exact) mass is 624 g/mol. The number of hydrogen-bond donors (Lipinski definition) is 3. The number of carbonyl (C=O) groups excluding carboxylic acids is 1. The van der Waals surface area contributed by atoms with E-state index < -0.39 is 5.97 Å². The molecule has 3 aromatic carbocycles. The molecule has 0 saturated heterocycles. The zero-order valence-corrected chi connectivity index (χ0v) is 26.5. The number of carboxylic acid groups (broad SMARTS) is 1. The van der Waals surface area contributed by atoms with E-state index in [-0.39, 0.29) is 24.2 Å². The SMILES string of the molecule is CC(=O)COc1ccc(C2c3c(c4cc(Cl)ccc4n3N)CCN2c2ccc(F)cc2)cc1.CC(=O)O.CCCNCCC. The molecule has 8 nitrogen and oxygen atoms in total. The van der Waals surface area contributed by atoms with E-state index in [4.69, 9.17) is 32.1 Å². The molecule has 1 aromatic heterocycles. The van der Waals surface area contributed by atoms with Gasteiger partial charge in [0.05, 0.1) is 17.3 Å². The maximum absolute atomic E-state index is 13.6. The number of hydrogen-bond acceptors (Lipinski definition) is 6. The van der Waals surface area contributed by atoms with Crippen molar-refractivity contribution < 1.29 is 23.8 Å². The van der Waals surface area contributed by atoms with E-state index in [0.717, 1.165) is 53.3 Å². The van der Waals surface area contributed by atoms with Crippen LogP contribution < -0.4 is 20.8 Å². The largest absolute Gasteiger partial charge is 0.486 e. The first kappa shape index (κ1) is 34.4. The molecule has 4 N–H and O–H groups in total. The quantitative estimate of drug-likeness (QED) is 0.139. The van der Waals surface area contributed by atoms with Gasteiger partial charge in [-0.25, -0.2) is 4.39 Å². The Morgan fingerprint density at radius 2 is 1.64 bits per heavy atom. The van der Waals surface area contributed by atoms with Crippen LogP contribution in [0, 0.1) is 5.82 Å². The fourth-order valence-corrected chi connectivity index (χ4v) is 5.27. The number of benzene rings is 3. The Balaban J connectivity index is 0.000000414. The lowest BCUT2D eigenvalue weighted by Gasteiger charge is -2.38. The van der Waals surface area contributed by atoms with Crippen LogP contribution in [-0.4, -0.2) is 47.8 Å². The number of carboxylic acids is 1. The number of halogens is 2. The van der Waals surface area contributed by atoms with Gasteiger partial charge in [0.2, 0.25) is 0 Å². The maximum Gasteiger partial charge on any atom is 0.300 e. The Morgan fingerprint density at radius 3 is 2.20 bits per heavy atom. The van der Waals surface area contributed by atoms with Crippen molar-refractivity contribution in [3.8, 4) is 5.75 Å². The molecule has 0 amide bonds. The molecule has 44 heavy (non-hydrogen) atoms. The highest BCUT2D eigenvalue weighted by Gasteiger charge is 2.34. The Bertz CT molecular complexity index is 1520. The Hall–Kier alpha value is -4.08. The van der Waals surface area contributed by atoms with Crippen molar-refractivity contribution >= 4 is 39.9 Å². The maximum atomic E-state index is 13.6. The van der Waals surface area contributed by atoms with E-state index in [1.54, 1.807) is 16.8 Å². The summed E-state index contributed by atoms with van der Waals surface area (Å²) in [6, 6.07) is 19.7. The molecule has 1 atom stereocenters. The number of nitrogens with zero attached hydrogens (tertiary/aromatic N) is 2. The number of anilines is 1. The lowest BCUT2D eigenvalue weighted by Crippen LogP contribution is -2.38. The predicted octanol–water partition coefficient (Wildman–Crippen LogP) is 6.75. The van der Waals surface area contributed by atoms with Gasteiger partial charge in [-0.3, -0.25) is 14.3 Å². The van der Waals surface area contributed by atoms with Crippen LogP contribution in [0.5, 0.6) is 5.75 Å². The van der Waals surface area contributed by atoms with Crippen LogP contribution in [-0.2, 0) is 16.0 Å². The summed E-state index contributed by atoms with van der Waals surface area (Å²) >= 11 is 6.30. The fraction of sp³-hybridized carbons (Fsp3) is 0.353. The third-order valence-corrected chi connectivity index (χ3v) is 7.17. The Morgan fingerprint density at radius 1 is 1.02 bits per heavy atom. The lowest BCUT2D eigenvalue weighted by atomic mass is 9.91. The number of fused-ring (bicyclic) bond motifs is 3. The van der Waals surface area contributed by atoms with Gasteiger partial charge in [-0.1, -0.05) is 37.6 Å². The summed E-state index contributed by atoms with van der Waals surface area (Å²) in [5, 5.41) is 12.4. The Labute approximate surface area is 263 Å². The zero-order chi connectivity index (χ0) is 32.2. The molecular formula is C34H42ClFN4O4. The van der Waals surface area contributed by atoms with Gasteiger partial charge in [0.1, 0.15) is 18.2 Å². The van der Waals surface area contributed by atoms with Gasteiger partial charge in [0.25, 0.3) is 5.97 Å². The van der Waals surface area contributed by atoms with Gasteiger partial charge in [-0.15, -0.1) is 0 Å². The van der Waals surface area contributed by atoms with Gasteiger partial charge in [-0.05, 0) is 105 Å². The first-order valence-electron chi connectivity index (χ1n) is 14.8.